The summed E-state index contributed by atoms with van der Waals surface area (Å²) in [7, 11) is 0. The van der Waals surface area contributed by atoms with Gasteiger partial charge in [-0.1, -0.05) is 73.2 Å². The maximum absolute atomic E-state index is 13.7. The molecule has 2 aliphatic rings. The monoisotopic (exact) mass is 549 g/mol. The predicted molar refractivity (Wildman–Crippen MR) is 149 cm³/mol. The van der Waals surface area contributed by atoms with E-state index in [1.54, 1.807) is 12.1 Å². The number of carbonyl (C=O) groups is 2. The van der Waals surface area contributed by atoms with Crippen molar-refractivity contribution >= 4 is 11.8 Å². The molecule has 0 radical (unpaired) electrons. The van der Waals surface area contributed by atoms with Crippen LogP contribution in [0.4, 0.5) is 13.2 Å². The van der Waals surface area contributed by atoms with Gasteiger partial charge in [-0.2, -0.15) is 13.2 Å². The highest BCUT2D eigenvalue weighted by molar-refractivity contribution is 6.00. The Morgan fingerprint density at radius 1 is 0.950 bits per heavy atom. The van der Waals surface area contributed by atoms with Crippen LogP contribution in [0.5, 0.6) is 0 Å². The third kappa shape index (κ3) is 5.63. The first-order chi connectivity index (χ1) is 19.2. The summed E-state index contributed by atoms with van der Waals surface area (Å²) in [5.41, 5.74) is 2.76. The maximum Gasteiger partial charge on any atom is 0.405 e. The number of fused-ring (bicyclic) bond motifs is 3. The molecule has 2 atom stereocenters. The van der Waals surface area contributed by atoms with E-state index in [0.29, 0.717) is 18.4 Å². The Bertz CT molecular complexity index is 1310. The van der Waals surface area contributed by atoms with Crippen LogP contribution in [0.2, 0.25) is 0 Å². The van der Waals surface area contributed by atoms with Crippen LogP contribution in [0.15, 0.2) is 78.9 Å². The van der Waals surface area contributed by atoms with Crippen molar-refractivity contribution in [3.8, 4) is 11.1 Å². The van der Waals surface area contributed by atoms with Crippen molar-refractivity contribution in [2.75, 3.05) is 19.6 Å². The third-order valence-electron chi connectivity index (χ3n) is 8.29. The molecule has 5 nitrogen and oxygen atoms in total. The molecule has 2 unspecified atom stereocenters. The molecule has 5 rings (SSSR count). The number of hydrogen-bond donors (Lipinski definition) is 2. The van der Waals surface area contributed by atoms with E-state index in [0.717, 1.165) is 48.2 Å². The zero-order valence-corrected chi connectivity index (χ0v) is 22.5. The van der Waals surface area contributed by atoms with Gasteiger partial charge in [0, 0.05) is 30.7 Å². The number of benzene rings is 3. The summed E-state index contributed by atoms with van der Waals surface area (Å²) in [6.07, 6.45) is -1.81. The highest BCUT2D eigenvalue weighted by Gasteiger charge is 2.49. The zero-order chi connectivity index (χ0) is 28.3. The molecule has 210 valence electrons. The molecule has 0 aromatic heterocycles. The summed E-state index contributed by atoms with van der Waals surface area (Å²) in [5, 5.41) is 5.33. The highest BCUT2D eigenvalue weighted by Crippen LogP contribution is 2.51. The van der Waals surface area contributed by atoms with E-state index in [1.165, 1.54) is 0 Å². The predicted octanol–water partition coefficient (Wildman–Crippen LogP) is 5.69. The lowest BCUT2D eigenvalue weighted by Gasteiger charge is -2.32. The van der Waals surface area contributed by atoms with Gasteiger partial charge in [0.2, 0.25) is 5.91 Å². The van der Waals surface area contributed by atoms with Crippen molar-refractivity contribution in [2.45, 2.75) is 56.3 Å². The largest absolute Gasteiger partial charge is 0.405 e. The fourth-order valence-corrected chi connectivity index (χ4v) is 6.29. The SMILES string of the molecule is CC(CCCC1(C(=O)NCC(F)(F)F)c2ccccc2-c2ccccc21)N1CCC(NC(=O)c2ccccc2)C1. The molecule has 1 heterocycles. The molecule has 1 aliphatic heterocycles. The molecule has 1 saturated heterocycles. The van der Waals surface area contributed by atoms with E-state index in [2.05, 4.69) is 22.5 Å². The number of likely N-dealkylation sites (tertiary alicyclic amines) is 1. The van der Waals surface area contributed by atoms with Crippen molar-refractivity contribution in [2.24, 2.45) is 0 Å². The Hall–Kier alpha value is -3.65. The van der Waals surface area contributed by atoms with Gasteiger partial charge in [-0.3, -0.25) is 14.5 Å². The first kappa shape index (κ1) is 27.9. The van der Waals surface area contributed by atoms with Crippen molar-refractivity contribution in [3.05, 3.63) is 95.6 Å². The van der Waals surface area contributed by atoms with Gasteiger partial charge in [0.1, 0.15) is 12.0 Å². The number of nitrogens with zero attached hydrogens (tertiary/aromatic N) is 1. The lowest BCUT2D eigenvalue weighted by molar-refractivity contribution is -0.141. The lowest BCUT2D eigenvalue weighted by atomic mass is 9.73. The summed E-state index contributed by atoms with van der Waals surface area (Å²) in [4.78, 5) is 28.6. The summed E-state index contributed by atoms with van der Waals surface area (Å²) in [6.45, 7) is 2.36. The van der Waals surface area contributed by atoms with E-state index >= 15 is 0 Å². The fourth-order valence-electron chi connectivity index (χ4n) is 6.29. The van der Waals surface area contributed by atoms with Crippen LogP contribution in [0.25, 0.3) is 11.1 Å². The topological polar surface area (TPSA) is 61.4 Å². The second-order valence-corrected chi connectivity index (χ2v) is 10.9. The Morgan fingerprint density at radius 3 is 2.17 bits per heavy atom. The van der Waals surface area contributed by atoms with Gasteiger partial charge >= 0.3 is 6.18 Å². The molecule has 1 fully saturated rings. The van der Waals surface area contributed by atoms with Gasteiger partial charge in [-0.15, -0.1) is 0 Å². The summed E-state index contributed by atoms with van der Waals surface area (Å²) < 4.78 is 39.3. The molecular formula is C32H34F3N3O2. The molecule has 1 aliphatic carbocycles. The van der Waals surface area contributed by atoms with Gasteiger partial charge < -0.3 is 10.6 Å². The molecule has 2 N–H and O–H groups in total. The second-order valence-electron chi connectivity index (χ2n) is 10.9. The first-order valence-electron chi connectivity index (χ1n) is 13.8. The van der Waals surface area contributed by atoms with E-state index in [9.17, 15) is 22.8 Å². The minimum Gasteiger partial charge on any atom is -0.348 e. The third-order valence-corrected chi connectivity index (χ3v) is 8.29. The number of carbonyl (C=O) groups excluding carboxylic acids is 2. The zero-order valence-electron chi connectivity index (χ0n) is 22.5. The highest BCUT2D eigenvalue weighted by atomic mass is 19.4. The number of nitrogens with one attached hydrogen (secondary N) is 2. The van der Waals surface area contributed by atoms with Gasteiger partial charge in [0.05, 0.1) is 0 Å². The molecule has 0 saturated carbocycles. The average Bonchev–Trinajstić information content (AvgIpc) is 3.53. The minimum atomic E-state index is -4.49. The molecule has 40 heavy (non-hydrogen) atoms. The number of alkyl halides is 3. The van der Waals surface area contributed by atoms with Gasteiger partial charge in [0.25, 0.3) is 5.91 Å². The van der Waals surface area contributed by atoms with E-state index in [4.69, 9.17) is 0 Å². The summed E-state index contributed by atoms with van der Waals surface area (Å²) >= 11 is 0. The quantitative estimate of drug-likeness (QED) is 0.360. The van der Waals surface area contributed by atoms with Crippen LogP contribution in [0.3, 0.4) is 0 Å². The lowest BCUT2D eigenvalue weighted by Crippen LogP contribution is -2.47. The van der Waals surface area contributed by atoms with E-state index in [-0.39, 0.29) is 18.0 Å². The second kappa shape index (κ2) is 11.5. The van der Waals surface area contributed by atoms with Crippen molar-refractivity contribution < 1.29 is 22.8 Å². The molecular weight excluding hydrogens is 515 g/mol. The van der Waals surface area contributed by atoms with Gasteiger partial charge in [-0.05, 0) is 60.6 Å². The van der Waals surface area contributed by atoms with Crippen LogP contribution in [-0.2, 0) is 10.2 Å². The Labute approximate surface area is 232 Å². The summed E-state index contributed by atoms with van der Waals surface area (Å²) in [6, 6.07) is 24.5. The van der Waals surface area contributed by atoms with Crippen molar-refractivity contribution in [3.63, 3.8) is 0 Å². The van der Waals surface area contributed by atoms with Crippen LogP contribution in [0.1, 0.15) is 54.1 Å². The summed E-state index contributed by atoms with van der Waals surface area (Å²) in [5.74, 6) is -0.690. The average molecular weight is 550 g/mol. The first-order valence-corrected chi connectivity index (χ1v) is 13.8. The number of amides is 2. The number of rotatable bonds is 9. The van der Waals surface area contributed by atoms with Crippen molar-refractivity contribution in [1.29, 1.82) is 0 Å². The van der Waals surface area contributed by atoms with E-state index in [1.807, 2.05) is 66.7 Å². The molecule has 3 aromatic rings. The standard InChI is InChI=1S/C32H34F3N3O2/c1-22(38-19-17-24(20-38)37-29(39)23-11-3-2-4-12-23)10-9-18-31(30(40)36-21-32(33,34)35)27-15-7-5-13-25(27)26-14-6-8-16-28(26)31/h2-8,11-16,22,24H,9-10,17-21H2,1H3,(H,36,40)(H,37,39). The fraction of sp³-hybridized carbons (Fsp3) is 0.375. The van der Waals surface area contributed by atoms with Crippen LogP contribution < -0.4 is 10.6 Å². The number of hydrogen-bond acceptors (Lipinski definition) is 3. The molecule has 2 amide bonds. The Morgan fingerprint density at radius 2 is 1.55 bits per heavy atom. The molecule has 0 bridgehead atoms. The van der Waals surface area contributed by atoms with Crippen LogP contribution >= 0.6 is 0 Å². The van der Waals surface area contributed by atoms with Gasteiger partial charge in [0.15, 0.2) is 0 Å². The molecule has 3 aromatic carbocycles. The smallest absolute Gasteiger partial charge is 0.348 e. The van der Waals surface area contributed by atoms with Crippen molar-refractivity contribution in [1.82, 2.24) is 15.5 Å². The Kier molecular flexibility index (Phi) is 7.99. The Balaban J connectivity index is 1.28. The maximum atomic E-state index is 13.7. The van der Waals surface area contributed by atoms with Crippen LogP contribution in [-0.4, -0.2) is 54.6 Å². The molecule has 0 spiro atoms. The van der Waals surface area contributed by atoms with Crippen LogP contribution in [0, 0.1) is 0 Å². The minimum absolute atomic E-state index is 0.0585. The normalized spacial score (nSPS) is 18.6. The van der Waals surface area contributed by atoms with Gasteiger partial charge in [-0.25, -0.2) is 0 Å². The molecule has 8 heteroatoms. The number of halogens is 3. The van der Waals surface area contributed by atoms with E-state index < -0.39 is 24.0 Å².